The first kappa shape index (κ1) is 22.3. The molecule has 0 saturated heterocycles. The number of carbonyl (C=O) groups is 1. The van der Waals surface area contributed by atoms with Gasteiger partial charge >= 0.3 is 5.97 Å². The zero-order valence-corrected chi connectivity index (χ0v) is 19.5. The van der Waals surface area contributed by atoms with Gasteiger partial charge in [-0.15, -0.1) is 0 Å². The number of aromatic nitrogens is 1. The van der Waals surface area contributed by atoms with E-state index in [1.807, 2.05) is 37.3 Å². The molecular formula is C23H18Cl2N2O4S. The summed E-state index contributed by atoms with van der Waals surface area (Å²) in [5.41, 5.74) is 1.95. The van der Waals surface area contributed by atoms with Gasteiger partial charge in [0.2, 0.25) is 0 Å². The van der Waals surface area contributed by atoms with Gasteiger partial charge in [-0.2, -0.15) is 0 Å². The van der Waals surface area contributed by atoms with E-state index in [4.69, 9.17) is 27.9 Å². The Balaban J connectivity index is 2.00. The Morgan fingerprint density at radius 1 is 1.25 bits per heavy atom. The van der Waals surface area contributed by atoms with E-state index in [9.17, 15) is 14.7 Å². The zero-order chi connectivity index (χ0) is 23.0. The van der Waals surface area contributed by atoms with Crippen molar-refractivity contribution in [2.75, 3.05) is 7.11 Å². The average molecular weight is 489 g/mol. The molecule has 4 rings (SSSR count). The maximum absolute atomic E-state index is 13.5. The molecule has 0 fully saturated rings. The number of benzene rings is 2. The topological polar surface area (TPSA) is 80.9 Å². The lowest BCUT2D eigenvalue weighted by Gasteiger charge is -2.25. The summed E-state index contributed by atoms with van der Waals surface area (Å²) in [5.74, 6) is -0.739. The number of esters is 1. The second-order valence-electron chi connectivity index (χ2n) is 7.03. The van der Waals surface area contributed by atoms with Crippen LogP contribution in [0.5, 0.6) is 5.75 Å². The number of hydrogen-bond acceptors (Lipinski definition) is 6. The molecule has 0 bridgehead atoms. The number of hydrogen-bond donors (Lipinski definition) is 1. The van der Waals surface area contributed by atoms with Crippen LogP contribution in [0.4, 0.5) is 0 Å². The van der Waals surface area contributed by atoms with Crippen molar-refractivity contribution in [3.05, 3.63) is 94.6 Å². The number of nitrogens with zero attached hydrogens (tertiary/aromatic N) is 2. The second-order valence-corrected chi connectivity index (χ2v) is 8.86. The molecule has 1 N–H and O–H groups in total. The van der Waals surface area contributed by atoms with Crippen molar-refractivity contribution in [2.24, 2.45) is 4.99 Å². The molecule has 1 aliphatic heterocycles. The molecular weight excluding hydrogens is 471 g/mol. The van der Waals surface area contributed by atoms with Crippen LogP contribution in [0.2, 0.25) is 10.0 Å². The van der Waals surface area contributed by atoms with Gasteiger partial charge in [-0.3, -0.25) is 9.36 Å². The summed E-state index contributed by atoms with van der Waals surface area (Å²) in [6.07, 6.45) is 2.14. The Kier molecular flexibility index (Phi) is 6.24. The van der Waals surface area contributed by atoms with E-state index in [-0.39, 0.29) is 21.4 Å². The highest BCUT2D eigenvalue weighted by Crippen LogP contribution is 2.33. The first-order valence-electron chi connectivity index (χ1n) is 9.71. The summed E-state index contributed by atoms with van der Waals surface area (Å²) < 4.78 is 6.95. The smallest absolute Gasteiger partial charge is 0.338 e. The summed E-state index contributed by atoms with van der Waals surface area (Å²) in [7, 11) is 1.31. The highest BCUT2D eigenvalue weighted by Gasteiger charge is 2.33. The summed E-state index contributed by atoms with van der Waals surface area (Å²) in [5, 5.41) is 9.97. The number of carbonyl (C=O) groups excluding carboxylic acids is 1. The van der Waals surface area contributed by atoms with Crippen molar-refractivity contribution in [1.29, 1.82) is 0 Å². The molecule has 3 aromatic rings. The van der Waals surface area contributed by atoms with E-state index in [0.717, 1.165) is 5.56 Å². The molecule has 0 saturated carbocycles. The van der Waals surface area contributed by atoms with Crippen LogP contribution in [-0.2, 0) is 9.53 Å². The molecule has 6 nitrogen and oxygen atoms in total. The van der Waals surface area contributed by atoms with Crippen molar-refractivity contribution < 1.29 is 14.6 Å². The highest BCUT2D eigenvalue weighted by atomic mass is 35.5. The van der Waals surface area contributed by atoms with E-state index in [1.165, 1.54) is 35.1 Å². The minimum atomic E-state index is -0.663. The minimum absolute atomic E-state index is 0.0833. The summed E-state index contributed by atoms with van der Waals surface area (Å²) in [4.78, 5) is 31.3. The fourth-order valence-corrected chi connectivity index (χ4v) is 5.16. The van der Waals surface area contributed by atoms with Gasteiger partial charge in [0, 0.05) is 0 Å². The molecule has 0 spiro atoms. The first-order chi connectivity index (χ1) is 15.3. The number of allylic oxidation sites excluding steroid dienone is 1. The highest BCUT2D eigenvalue weighted by molar-refractivity contribution is 7.07. The molecule has 0 radical (unpaired) electrons. The van der Waals surface area contributed by atoms with Gasteiger partial charge < -0.3 is 9.84 Å². The molecule has 0 aliphatic carbocycles. The maximum atomic E-state index is 13.5. The van der Waals surface area contributed by atoms with Crippen molar-refractivity contribution in [2.45, 2.75) is 19.4 Å². The van der Waals surface area contributed by atoms with Crippen LogP contribution in [-0.4, -0.2) is 22.8 Å². The number of methoxy groups -OCH3 is 1. The van der Waals surface area contributed by atoms with Crippen LogP contribution in [0.1, 0.15) is 30.5 Å². The second kappa shape index (κ2) is 8.94. The quantitative estimate of drug-likeness (QED) is 0.566. The van der Waals surface area contributed by atoms with Gasteiger partial charge in [-0.05, 0) is 35.8 Å². The maximum Gasteiger partial charge on any atom is 0.338 e. The largest absolute Gasteiger partial charge is 0.505 e. The summed E-state index contributed by atoms with van der Waals surface area (Å²) in [6, 6.07) is 11.7. The predicted molar refractivity (Wildman–Crippen MR) is 125 cm³/mol. The molecule has 2 heterocycles. The molecule has 0 amide bonds. The number of fused-ring (bicyclic) bond motifs is 1. The van der Waals surface area contributed by atoms with Gasteiger partial charge in [-0.1, -0.05) is 71.8 Å². The lowest BCUT2D eigenvalue weighted by Crippen LogP contribution is -2.40. The Hall–Kier alpha value is -2.87. The van der Waals surface area contributed by atoms with Crippen molar-refractivity contribution in [3.63, 3.8) is 0 Å². The van der Waals surface area contributed by atoms with Crippen molar-refractivity contribution >= 4 is 46.6 Å². The minimum Gasteiger partial charge on any atom is -0.505 e. The lowest BCUT2D eigenvalue weighted by molar-refractivity contribution is -0.136. The Morgan fingerprint density at radius 3 is 2.50 bits per heavy atom. The van der Waals surface area contributed by atoms with Crippen molar-refractivity contribution in [3.8, 4) is 5.75 Å². The fraction of sp³-hybridized carbons (Fsp3) is 0.174. The number of ether oxygens (including phenoxy) is 1. The predicted octanol–water partition coefficient (Wildman–Crippen LogP) is 3.81. The van der Waals surface area contributed by atoms with Crippen LogP contribution < -0.4 is 14.9 Å². The number of thiazole rings is 1. The number of halogens is 2. The van der Waals surface area contributed by atoms with E-state index in [0.29, 0.717) is 32.6 Å². The first-order valence-corrected chi connectivity index (χ1v) is 11.3. The average Bonchev–Trinajstić information content (AvgIpc) is 3.10. The van der Waals surface area contributed by atoms with E-state index < -0.39 is 12.0 Å². The fourth-order valence-electron chi connectivity index (χ4n) is 3.63. The molecule has 1 aliphatic rings. The van der Waals surface area contributed by atoms with E-state index in [1.54, 1.807) is 6.08 Å². The van der Waals surface area contributed by atoms with Crippen LogP contribution in [0.15, 0.2) is 63.5 Å². The standard InChI is InChI=1S/C23H18Cl2N2O4S/c1-3-16-18(22(30)31-2)19(13-7-5-4-6-8-13)27-21(29)17(32-23(27)26-16)11-12-9-14(24)20(28)15(25)10-12/h4-11,19,28H,3H2,1-2H3/b17-11-/t19-/m0/s1. The van der Waals surface area contributed by atoms with Crippen LogP contribution in [0, 0.1) is 0 Å². The normalized spacial score (nSPS) is 16.0. The van der Waals surface area contributed by atoms with Crippen LogP contribution in [0.3, 0.4) is 0 Å². The molecule has 1 atom stereocenters. The van der Waals surface area contributed by atoms with Crippen LogP contribution >= 0.6 is 34.5 Å². The Bertz CT molecular complexity index is 1400. The van der Waals surface area contributed by atoms with Gasteiger partial charge in [0.1, 0.15) is 0 Å². The zero-order valence-electron chi connectivity index (χ0n) is 17.1. The summed E-state index contributed by atoms with van der Waals surface area (Å²) in [6.45, 7) is 1.90. The van der Waals surface area contributed by atoms with E-state index >= 15 is 0 Å². The van der Waals surface area contributed by atoms with Gasteiger partial charge in [0.15, 0.2) is 10.6 Å². The van der Waals surface area contributed by atoms with Crippen molar-refractivity contribution in [1.82, 2.24) is 4.57 Å². The third kappa shape index (κ3) is 3.88. The van der Waals surface area contributed by atoms with Gasteiger partial charge in [0.05, 0.1) is 39.0 Å². The van der Waals surface area contributed by atoms with Crippen LogP contribution in [0.25, 0.3) is 6.08 Å². The number of phenols is 1. The Morgan fingerprint density at radius 2 is 1.91 bits per heavy atom. The SMILES string of the molecule is CCC1=C(C(=O)OC)[C@H](c2ccccc2)n2c(s/c(=C\c3cc(Cl)c(O)c(Cl)c3)c2=O)=N1. The molecule has 1 aromatic heterocycles. The molecule has 9 heteroatoms. The monoisotopic (exact) mass is 488 g/mol. The number of aromatic hydroxyl groups is 1. The Labute approximate surface area is 197 Å². The van der Waals surface area contributed by atoms with Gasteiger partial charge in [-0.25, -0.2) is 9.79 Å². The number of rotatable bonds is 4. The summed E-state index contributed by atoms with van der Waals surface area (Å²) >= 11 is 13.3. The van der Waals surface area contributed by atoms with Gasteiger partial charge in [0.25, 0.3) is 5.56 Å². The molecule has 0 unspecified atom stereocenters. The molecule has 164 valence electrons. The third-order valence-electron chi connectivity index (χ3n) is 5.10. The van der Waals surface area contributed by atoms with E-state index in [2.05, 4.69) is 4.99 Å². The lowest BCUT2D eigenvalue weighted by atomic mass is 9.95. The number of phenolic OH excluding ortho intramolecular Hbond substituents is 1. The molecule has 2 aromatic carbocycles. The third-order valence-corrected chi connectivity index (χ3v) is 6.66. The molecule has 32 heavy (non-hydrogen) atoms.